The van der Waals surface area contributed by atoms with Gasteiger partial charge in [-0.3, -0.25) is 4.79 Å². The highest BCUT2D eigenvalue weighted by atomic mass is 19.1. The molecule has 0 heterocycles. The minimum absolute atomic E-state index is 0.0682. The number of ether oxygens (including phenoxy) is 2. The van der Waals surface area contributed by atoms with E-state index in [2.05, 4.69) is 5.32 Å². The number of amides is 1. The quantitative estimate of drug-likeness (QED) is 0.619. The maximum atomic E-state index is 13.4. The van der Waals surface area contributed by atoms with Crippen LogP contribution in [0.4, 0.5) is 4.39 Å². The number of hydrogen-bond acceptors (Lipinski definition) is 4. The highest BCUT2D eigenvalue weighted by Crippen LogP contribution is 2.12. The van der Waals surface area contributed by atoms with Crippen molar-refractivity contribution in [2.45, 2.75) is 13.8 Å². The normalized spacial score (nSPS) is 10.2. The molecule has 0 saturated heterocycles. The number of aryl methyl sites for hydroxylation is 2. The molecular formula is C19H20FNO4. The van der Waals surface area contributed by atoms with Crippen LogP contribution >= 0.6 is 0 Å². The second-order valence-electron chi connectivity index (χ2n) is 5.56. The van der Waals surface area contributed by atoms with Crippen LogP contribution in [0.1, 0.15) is 21.5 Å². The molecule has 0 bridgehead atoms. The van der Waals surface area contributed by atoms with Crippen LogP contribution in [-0.4, -0.2) is 31.6 Å². The van der Waals surface area contributed by atoms with Crippen LogP contribution in [0.25, 0.3) is 0 Å². The predicted octanol–water partition coefficient (Wildman–Crippen LogP) is 2.79. The Morgan fingerprint density at radius 2 is 1.92 bits per heavy atom. The Morgan fingerprint density at radius 3 is 2.64 bits per heavy atom. The highest BCUT2D eigenvalue weighted by Gasteiger charge is 2.11. The molecule has 0 saturated carbocycles. The van der Waals surface area contributed by atoms with Crippen LogP contribution < -0.4 is 10.1 Å². The van der Waals surface area contributed by atoms with Gasteiger partial charge in [0.25, 0.3) is 5.91 Å². The van der Waals surface area contributed by atoms with E-state index < -0.39 is 24.3 Å². The van der Waals surface area contributed by atoms with E-state index in [4.69, 9.17) is 9.47 Å². The maximum Gasteiger partial charge on any atom is 0.338 e. The summed E-state index contributed by atoms with van der Waals surface area (Å²) >= 11 is 0. The lowest BCUT2D eigenvalue weighted by molar-refractivity contribution is -0.124. The van der Waals surface area contributed by atoms with Gasteiger partial charge < -0.3 is 14.8 Å². The fourth-order valence-electron chi connectivity index (χ4n) is 2.05. The molecule has 1 N–H and O–H groups in total. The number of halogens is 1. The van der Waals surface area contributed by atoms with Crippen molar-refractivity contribution in [3.63, 3.8) is 0 Å². The van der Waals surface area contributed by atoms with E-state index in [-0.39, 0.29) is 12.1 Å². The third-order valence-corrected chi connectivity index (χ3v) is 3.42. The summed E-state index contributed by atoms with van der Waals surface area (Å²) in [5.41, 5.74) is 1.59. The Hall–Kier alpha value is -2.89. The highest BCUT2D eigenvalue weighted by molar-refractivity contribution is 5.91. The number of hydrogen-bond donors (Lipinski definition) is 1. The Bertz CT molecular complexity index is 761. The Morgan fingerprint density at radius 1 is 1.12 bits per heavy atom. The molecule has 0 atom stereocenters. The molecule has 25 heavy (non-hydrogen) atoms. The first kappa shape index (κ1) is 18.4. The maximum absolute atomic E-state index is 13.4. The van der Waals surface area contributed by atoms with Gasteiger partial charge in [-0.15, -0.1) is 0 Å². The van der Waals surface area contributed by atoms with E-state index in [1.54, 1.807) is 6.92 Å². The second kappa shape index (κ2) is 8.82. The van der Waals surface area contributed by atoms with Gasteiger partial charge >= 0.3 is 5.97 Å². The van der Waals surface area contributed by atoms with Crippen molar-refractivity contribution in [1.82, 2.24) is 5.32 Å². The van der Waals surface area contributed by atoms with Gasteiger partial charge in [-0.25, -0.2) is 9.18 Å². The monoisotopic (exact) mass is 345 g/mol. The van der Waals surface area contributed by atoms with E-state index in [0.717, 1.165) is 17.4 Å². The van der Waals surface area contributed by atoms with Crippen molar-refractivity contribution in [1.29, 1.82) is 0 Å². The zero-order valence-electron chi connectivity index (χ0n) is 14.2. The van der Waals surface area contributed by atoms with Crippen molar-refractivity contribution < 1.29 is 23.5 Å². The zero-order valence-corrected chi connectivity index (χ0v) is 14.2. The number of nitrogens with one attached hydrogen (secondary N) is 1. The molecule has 2 rings (SSSR count). The van der Waals surface area contributed by atoms with Crippen LogP contribution in [0, 0.1) is 19.7 Å². The summed E-state index contributed by atoms with van der Waals surface area (Å²) in [6, 6.07) is 11.6. The van der Waals surface area contributed by atoms with Crippen LogP contribution in [0.5, 0.6) is 5.75 Å². The summed E-state index contributed by atoms with van der Waals surface area (Å²) in [7, 11) is 0. The van der Waals surface area contributed by atoms with Gasteiger partial charge in [0.15, 0.2) is 6.61 Å². The van der Waals surface area contributed by atoms with Gasteiger partial charge in [-0.1, -0.05) is 18.2 Å². The average Bonchev–Trinajstić information content (AvgIpc) is 2.59. The van der Waals surface area contributed by atoms with Gasteiger partial charge in [-0.05, 0) is 49.2 Å². The molecule has 0 aromatic heterocycles. The van der Waals surface area contributed by atoms with Crippen molar-refractivity contribution in [3.8, 4) is 5.75 Å². The molecule has 6 heteroatoms. The number of rotatable bonds is 7. The van der Waals surface area contributed by atoms with E-state index in [9.17, 15) is 14.0 Å². The molecule has 5 nitrogen and oxygen atoms in total. The van der Waals surface area contributed by atoms with Crippen molar-refractivity contribution in [2.75, 3.05) is 19.8 Å². The SMILES string of the molecule is Cc1cccc(OCCNC(=O)COC(=O)c2ccc(C)c(F)c2)c1. The average molecular weight is 345 g/mol. The molecule has 132 valence electrons. The molecule has 0 aliphatic rings. The summed E-state index contributed by atoms with van der Waals surface area (Å²) in [5, 5.41) is 2.58. The lowest BCUT2D eigenvalue weighted by atomic mass is 10.1. The lowest BCUT2D eigenvalue weighted by Gasteiger charge is -2.09. The molecule has 0 unspecified atom stereocenters. The fourth-order valence-corrected chi connectivity index (χ4v) is 2.05. The summed E-state index contributed by atoms with van der Waals surface area (Å²) in [6.07, 6.45) is 0. The third kappa shape index (κ3) is 5.91. The number of carbonyl (C=O) groups excluding carboxylic acids is 2. The summed E-state index contributed by atoms with van der Waals surface area (Å²) < 4.78 is 23.8. The smallest absolute Gasteiger partial charge is 0.338 e. The van der Waals surface area contributed by atoms with Crippen molar-refractivity contribution >= 4 is 11.9 Å². The van der Waals surface area contributed by atoms with Gasteiger partial charge in [0.1, 0.15) is 18.2 Å². The summed E-state index contributed by atoms with van der Waals surface area (Å²) in [4.78, 5) is 23.4. The summed E-state index contributed by atoms with van der Waals surface area (Å²) in [5.74, 6) is -0.965. The molecule has 2 aromatic carbocycles. The number of carbonyl (C=O) groups is 2. The van der Waals surface area contributed by atoms with Crippen LogP contribution in [0.2, 0.25) is 0 Å². The first-order chi connectivity index (χ1) is 12.0. The molecule has 0 aliphatic heterocycles. The standard InChI is InChI=1S/C19H20FNO4/c1-13-4-3-5-16(10-13)24-9-8-21-18(22)12-25-19(23)15-7-6-14(2)17(20)11-15/h3-7,10-11H,8-9,12H2,1-2H3,(H,21,22). The van der Waals surface area contributed by atoms with Gasteiger partial charge in [0.2, 0.25) is 0 Å². The largest absolute Gasteiger partial charge is 0.492 e. The predicted molar refractivity (Wildman–Crippen MR) is 91.1 cm³/mol. The number of esters is 1. The van der Waals surface area contributed by atoms with Crippen molar-refractivity contribution in [3.05, 3.63) is 65.0 Å². The third-order valence-electron chi connectivity index (χ3n) is 3.42. The van der Waals surface area contributed by atoms with E-state index in [1.807, 2.05) is 31.2 Å². The van der Waals surface area contributed by atoms with Crippen molar-refractivity contribution in [2.24, 2.45) is 0 Å². The lowest BCUT2D eigenvalue weighted by Crippen LogP contribution is -2.32. The Labute approximate surface area is 145 Å². The topological polar surface area (TPSA) is 64.6 Å². The second-order valence-corrected chi connectivity index (χ2v) is 5.56. The molecule has 0 fully saturated rings. The molecule has 1 amide bonds. The van der Waals surface area contributed by atoms with Crippen LogP contribution in [-0.2, 0) is 9.53 Å². The van der Waals surface area contributed by atoms with Gasteiger partial charge in [0, 0.05) is 0 Å². The van der Waals surface area contributed by atoms with E-state index in [0.29, 0.717) is 12.2 Å². The van der Waals surface area contributed by atoms with E-state index in [1.165, 1.54) is 12.1 Å². The first-order valence-corrected chi connectivity index (χ1v) is 7.85. The Balaban J connectivity index is 1.68. The summed E-state index contributed by atoms with van der Waals surface area (Å²) in [6.45, 7) is 3.70. The molecule has 2 aromatic rings. The van der Waals surface area contributed by atoms with Gasteiger partial charge in [-0.2, -0.15) is 0 Å². The number of benzene rings is 2. The van der Waals surface area contributed by atoms with Gasteiger partial charge in [0.05, 0.1) is 12.1 Å². The molecule has 0 aliphatic carbocycles. The minimum Gasteiger partial charge on any atom is -0.492 e. The molecular weight excluding hydrogens is 325 g/mol. The fraction of sp³-hybridized carbons (Fsp3) is 0.263. The molecule has 0 spiro atoms. The first-order valence-electron chi connectivity index (χ1n) is 7.85. The Kier molecular flexibility index (Phi) is 6.51. The van der Waals surface area contributed by atoms with Crippen LogP contribution in [0.15, 0.2) is 42.5 Å². The minimum atomic E-state index is -0.745. The zero-order chi connectivity index (χ0) is 18.2. The van der Waals surface area contributed by atoms with Crippen LogP contribution in [0.3, 0.4) is 0 Å². The molecule has 0 radical (unpaired) electrons. The van der Waals surface area contributed by atoms with E-state index >= 15 is 0 Å².